The molecule has 2 aromatic rings. The van der Waals surface area contributed by atoms with Crippen molar-refractivity contribution in [3.8, 4) is 0 Å². The molecular weight excluding hydrogens is 269 g/mol. The van der Waals surface area contributed by atoms with Crippen molar-refractivity contribution < 1.29 is 8.81 Å². The number of hydrogen-bond acceptors (Lipinski definition) is 2. The molecule has 0 aliphatic rings. The highest BCUT2D eigenvalue weighted by Gasteiger charge is 2.05. The number of furan rings is 1. The molecule has 0 aliphatic heterocycles. The number of guanidine groups is 1. The summed E-state index contributed by atoms with van der Waals surface area (Å²) in [6, 6.07) is 8.41. The molecule has 21 heavy (non-hydrogen) atoms. The van der Waals surface area contributed by atoms with Gasteiger partial charge >= 0.3 is 0 Å². The molecule has 0 atom stereocenters. The summed E-state index contributed by atoms with van der Waals surface area (Å²) >= 11 is 0. The van der Waals surface area contributed by atoms with Gasteiger partial charge in [0, 0.05) is 25.7 Å². The average Bonchev–Trinajstić information content (AvgIpc) is 2.79. The monoisotopic (exact) mass is 289 g/mol. The van der Waals surface area contributed by atoms with E-state index in [-0.39, 0.29) is 5.82 Å². The van der Waals surface area contributed by atoms with Crippen molar-refractivity contribution >= 4 is 5.96 Å². The SMILES string of the molecule is CN=C(NCc1ccc(F)cc1)NCc1cc(C)oc1C. The van der Waals surface area contributed by atoms with E-state index in [4.69, 9.17) is 4.42 Å². The van der Waals surface area contributed by atoms with Crippen LogP contribution in [0, 0.1) is 19.7 Å². The number of aliphatic imine (C=N–C) groups is 1. The zero-order valence-electron chi connectivity index (χ0n) is 12.5. The predicted molar refractivity (Wildman–Crippen MR) is 81.6 cm³/mol. The first kappa shape index (κ1) is 15.1. The maximum Gasteiger partial charge on any atom is 0.191 e. The summed E-state index contributed by atoms with van der Waals surface area (Å²) in [6.45, 7) is 5.10. The number of nitrogens with zero attached hydrogens (tertiary/aromatic N) is 1. The lowest BCUT2D eigenvalue weighted by Crippen LogP contribution is -2.36. The summed E-state index contributed by atoms with van der Waals surface area (Å²) in [5.74, 6) is 2.28. The standard InChI is InChI=1S/C16H20FN3O/c1-11-8-14(12(2)21-11)10-20-16(18-3)19-9-13-4-6-15(17)7-5-13/h4-8H,9-10H2,1-3H3,(H2,18,19,20). The van der Waals surface area contributed by atoms with Gasteiger partial charge < -0.3 is 15.1 Å². The minimum absolute atomic E-state index is 0.230. The Balaban J connectivity index is 1.86. The number of aryl methyl sites for hydroxylation is 2. The Morgan fingerprint density at radius 1 is 1.14 bits per heavy atom. The van der Waals surface area contributed by atoms with E-state index in [1.807, 2.05) is 19.9 Å². The number of halogens is 1. The Hall–Kier alpha value is -2.30. The normalized spacial score (nSPS) is 11.5. The lowest BCUT2D eigenvalue weighted by molar-refractivity contribution is 0.500. The molecule has 2 rings (SSSR count). The molecule has 1 aromatic carbocycles. The summed E-state index contributed by atoms with van der Waals surface area (Å²) < 4.78 is 18.3. The summed E-state index contributed by atoms with van der Waals surface area (Å²) in [5, 5.41) is 6.41. The molecule has 112 valence electrons. The lowest BCUT2D eigenvalue weighted by Gasteiger charge is -2.11. The Kier molecular flexibility index (Phi) is 4.98. The predicted octanol–water partition coefficient (Wildman–Crippen LogP) is 2.90. The second kappa shape index (κ2) is 6.92. The highest BCUT2D eigenvalue weighted by molar-refractivity contribution is 5.79. The van der Waals surface area contributed by atoms with Gasteiger partial charge in [-0.3, -0.25) is 4.99 Å². The van der Waals surface area contributed by atoms with Crippen molar-refractivity contribution in [3.05, 3.63) is 58.8 Å². The van der Waals surface area contributed by atoms with Gasteiger partial charge in [0.25, 0.3) is 0 Å². The van der Waals surface area contributed by atoms with Crippen molar-refractivity contribution in [1.29, 1.82) is 0 Å². The summed E-state index contributed by atoms with van der Waals surface area (Å²) in [6.07, 6.45) is 0. The van der Waals surface area contributed by atoms with Gasteiger partial charge in [0.1, 0.15) is 17.3 Å². The molecule has 0 saturated heterocycles. The van der Waals surface area contributed by atoms with Gasteiger partial charge in [-0.05, 0) is 37.6 Å². The fraction of sp³-hybridized carbons (Fsp3) is 0.312. The molecule has 5 heteroatoms. The molecule has 1 heterocycles. The molecule has 0 fully saturated rings. The molecule has 0 saturated carbocycles. The number of nitrogens with one attached hydrogen (secondary N) is 2. The van der Waals surface area contributed by atoms with E-state index in [0.717, 1.165) is 22.6 Å². The van der Waals surface area contributed by atoms with E-state index in [9.17, 15) is 4.39 Å². The second-order valence-electron chi connectivity index (χ2n) is 4.84. The molecule has 0 bridgehead atoms. The van der Waals surface area contributed by atoms with Gasteiger partial charge in [-0.15, -0.1) is 0 Å². The van der Waals surface area contributed by atoms with Crippen LogP contribution in [0.25, 0.3) is 0 Å². The fourth-order valence-corrected chi connectivity index (χ4v) is 2.05. The van der Waals surface area contributed by atoms with Gasteiger partial charge in [-0.25, -0.2) is 4.39 Å². The summed E-state index contributed by atoms with van der Waals surface area (Å²) in [7, 11) is 1.72. The fourth-order valence-electron chi connectivity index (χ4n) is 2.05. The Morgan fingerprint density at radius 2 is 1.81 bits per heavy atom. The van der Waals surface area contributed by atoms with E-state index in [1.165, 1.54) is 12.1 Å². The lowest BCUT2D eigenvalue weighted by atomic mass is 10.2. The van der Waals surface area contributed by atoms with Crippen LogP contribution in [0.3, 0.4) is 0 Å². The molecule has 0 spiro atoms. The van der Waals surface area contributed by atoms with Gasteiger partial charge in [-0.1, -0.05) is 12.1 Å². The van der Waals surface area contributed by atoms with E-state index in [1.54, 1.807) is 19.2 Å². The molecule has 2 N–H and O–H groups in total. The van der Waals surface area contributed by atoms with Crippen LogP contribution in [0.15, 0.2) is 39.7 Å². The van der Waals surface area contributed by atoms with Crippen LogP contribution < -0.4 is 10.6 Å². The van der Waals surface area contributed by atoms with Crippen LogP contribution in [0.2, 0.25) is 0 Å². The zero-order chi connectivity index (χ0) is 15.2. The van der Waals surface area contributed by atoms with E-state index < -0.39 is 0 Å². The maximum atomic E-state index is 12.8. The third-order valence-electron chi connectivity index (χ3n) is 3.19. The van der Waals surface area contributed by atoms with Crippen LogP contribution >= 0.6 is 0 Å². The van der Waals surface area contributed by atoms with Crippen LogP contribution in [0.4, 0.5) is 4.39 Å². The van der Waals surface area contributed by atoms with Gasteiger partial charge in [0.2, 0.25) is 0 Å². The van der Waals surface area contributed by atoms with Crippen LogP contribution in [0.1, 0.15) is 22.6 Å². The maximum absolute atomic E-state index is 12.8. The zero-order valence-corrected chi connectivity index (χ0v) is 12.5. The van der Waals surface area contributed by atoms with E-state index in [0.29, 0.717) is 19.0 Å². The average molecular weight is 289 g/mol. The van der Waals surface area contributed by atoms with Crippen LogP contribution in [-0.2, 0) is 13.1 Å². The highest BCUT2D eigenvalue weighted by atomic mass is 19.1. The van der Waals surface area contributed by atoms with Crippen molar-refractivity contribution in [1.82, 2.24) is 10.6 Å². The molecule has 0 aliphatic carbocycles. The molecule has 4 nitrogen and oxygen atoms in total. The van der Waals surface area contributed by atoms with Crippen molar-refractivity contribution in [3.63, 3.8) is 0 Å². The van der Waals surface area contributed by atoms with Crippen molar-refractivity contribution in [2.24, 2.45) is 4.99 Å². The first-order valence-corrected chi connectivity index (χ1v) is 6.83. The third-order valence-corrected chi connectivity index (χ3v) is 3.19. The van der Waals surface area contributed by atoms with Gasteiger partial charge in [-0.2, -0.15) is 0 Å². The topological polar surface area (TPSA) is 49.6 Å². The van der Waals surface area contributed by atoms with Crippen LogP contribution in [0.5, 0.6) is 0 Å². The van der Waals surface area contributed by atoms with Crippen molar-refractivity contribution in [2.75, 3.05) is 7.05 Å². The number of hydrogen-bond donors (Lipinski definition) is 2. The molecule has 0 unspecified atom stereocenters. The molecular formula is C16H20FN3O. The smallest absolute Gasteiger partial charge is 0.191 e. The third kappa shape index (κ3) is 4.34. The largest absolute Gasteiger partial charge is 0.466 e. The van der Waals surface area contributed by atoms with Gasteiger partial charge in [0.05, 0.1) is 0 Å². The Labute approximate surface area is 124 Å². The molecule has 1 aromatic heterocycles. The van der Waals surface area contributed by atoms with Crippen molar-refractivity contribution in [2.45, 2.75) is 26.9 Å². The van der Waals surface area contributed by atoms with E-state index >= 15 is 0 Å². The number of rotatable bonds is 4. The second-order valence-corrected chi connectivity index (χ2v) is 4.84. The highest BCUT2D eigenvalue weighted by Crippen LogP contribution is 2.12. The number of benzene rings is 1. The Morgan fingerprint density at radius 3 is 2.38 bits per heavy atom. The van der Waals surface area contributed by atoms with Gasteiger partial charge in [0.15, 0.2) is 5.96 Å². The molecule has 0 amide bonds. The molecule has 0 radical (unpaired) electrons. The van der Waals surface area contributed by atoms with E-state index in [2.05, 4.69) is 15.6 Å². The van der Waals surface area contributed by atoms with Crippen LogP contribution in [-0.4, -0.2) is 13.0 Å². The first-order chi connectivity index (χ1) is 10.1. The minimum Gasteiger partial charge on any atom is -0.466 e. The summed E-state index contributed by atoms with van der Waals surface area (Å²) in [5.41, 5.74) is 2.10. The minimum atomic E-state index is -0.230. The Bertz CT molecular complexity index is 617. The quantitative estimate of drug-likeness (QED) is 0.672. The summed E-state index contributed by atoms with van der Waals surface area (Å²) in [4.78, 5) is 4.16. The first-order valence-electron chi connectivity index (χ1n) is 6.83.